The summed E-state index contributed by atoms with van der Waals surface area (Å²) in [5.74, 6) is 0.207. The van der Waals surface area contributed by atoms with Crippen LogP contribution in [0.5, 0.6) is 0 Å². The maximum atomic E-state index is 12.5. The van der Waals surface area contributed by atoms with Crippen molar-refractivity contribution in [3.8, 4) is 11.4 Å². The van der Waals surface area contributed by atoms with Crippen LogP contribution in [0.25, 0.3) is 11.4 Å². The van der Waals surface area contributed by atoms with Crippen LogP contribution in [-0.2, 0) is 17.7 Å². The van der Waals surface area contributed by atoms with Crippen molar-refractivity contribution in [2.24, 2.45) is 0 Å². The number of carboxylic acids is 1. The molecule has 2 N–H and O–H groups in total. The van der Waals surface area contributed by atoms with E-state index in [4.69, 9.17) is 9.72 Å². The number of amides is 1. The molecule has 174 valence electrons. The summed E-state index contributed by atoms with van der Waals surface area (Å²) in [5, 5.41) is 9.60. The Morgan fingerprint density at radius 1 is 1.22 bits per heavy atom. The number of H-pyrrole nitrogens is 1. The van der Waals surface area contributed by atoms with Gasteiger partial charge in [0.15, 0.2) is 0 Å². The topological polar surface area (TPSA) is 95.5 Å². The molecule has 1 saturated carbocycles. The van der Waals surface area contributed by atoms with Crippen molar-refractivity contribution in [2.75, 3.05) is 6.54 Å². The Balaban J connectivity index is 0.00000141. The summed E-state index contributed by atoms with van der Waals surface area (Å²) in [4.78, 5) is 34.0. The van der Waals surface area contributed by atoms with E-state index in [1.807, 2.05) is 47.6 Å². The van der Waals surface area contributed by atoms with E-state index in [-0.39, 0.29) is 6.09 Å². The molecule has 1 aromatic carbocycles. The molecule has 7 nitrogen and oxygen atoms in total. The van der Waals surface area contributed by atoms with Crippen LogP contribution < -0.4 is 0 Å². The lowest BCUT2D eigenvalue weighted by Crippen LogP contribution is -2.39. The molecule has 0 saturated heterocycles. The molecule has 4 rings (SSSR count). The van der Waals surface area contributed by atoms with Crippen molar-refractivity contribution in [1.29, 1.82) is 0 Å². The van der Waals surface area contributed by atoms with Gasteiger partial charge in [-0.2, -0.15) is 0 Å². The van der Waals surface area contributed by atoms with Crippen LogP contribution in [0.2, 0.25) is 0 Å². The zero-order valence-corrected chi connectivity index (χ0v) is 20.0. The SMILES string of the molecule is CC.Cc1cc(C2CCC2)c(-c2nc3c([nH]2)CN(C(=O)OC(C)(C)C)CC3)cc1C(=O)O. The van der Waals surface area contributed by atoms with E-state index in [0.717, 1.165) is 35.4 Å². The molecular formula is C25H35N3O4. The Morgan fingerprint density at radius 3 is 2.47 bits per heavy atom. The molecule has 1 aliphatic carbocycles. The fraction of sp³-hybridized carbons (Fsp3) is 0.560. The highest BCUT2D eigenvalue weighted by Crippen LogP contribution is 2.42. The number of carbonyl (C=O) groups is 2. The molecule has 0 unspecified atom stereocenters. The molecule has 2 aromatic rings. The Hall–Kier alpha value is -2.83. The van der Waals surface area contributed by atoms with Gasteiger partial charge < -0.3 is 19.7 Å². The van der Waals surface area contributed by atoms with Crippen LogP contribution in [0.3, 0.4) is 0 Å². The summed E-state index contributed by atoms with van der Waals surface area (Å²) >= 11 is 0. The number of imidazole rings is 1. The van der Waals surface area contributed by atoms with Gasteiger partial charge in [0.2, 0.25) is 0 Å². The lowest BCUT2D eigenvalue weighted by molar-refractivity contribution is 0.0220. The second kappa shape index (κ2) is 9.35. The van der Waals surface area contributed by atoms with Crippen molar-refractivity contribution in [1.82, 2.24) is 14.9 Å². The summed E-state index contributed by atoms with van der Waals surface area (Å²) in [6.45, 7) is 12.4. The number of nitrogens with one attached hydrogen (secondary N) is 1. The normalized spacial score (nSPS) is 15.9. The third kappa shape index (κ3) is 4.97. The first-order chi connectivity index (χ1) is 15.1. The van der Waals surface area contributed by atoms with E-state index in [1.54, 1.807) is 11.0 Å². The third-order valence-corrected chi connectivity index (χ3v) is 5.91. The van der Waals surface area contributed by atoms with Gasteiger partial charge in [-0.15, -0.1) is 0 Å². The summed E-state index contributed by atoms with van der Waals surface area (Å²) in [6.07, 6.45) is 3.74. The zero-order chi connectivity index (χ0) is 23.6. The number of rotatable bonds is 3. The van der Waals surface area contributed by atoms with E-state index < -0.39 is 11.6 Å². The number of nitrogens with zero attached hydrogens (tertiary/aromatic N) is 2. The van der Waals surface area contributed by atoms with Crippen LogP contribution in [0, 0.1) is 6.92 Å². The fourth-order valence-electron chi connectivity index (χ4n) is 4.13. The Morgan fingerprint density at radius 2 is 1.91 bits per heavy atom. The molecule has 1 aliphatic heterocycles. The predicted molar refractivity (Wildman–Crippen MR) is 124 cm³/mol. The maximum Gasteiger partial charge on any atom is 0.410 e. The Kier molecular flexibility index (Phi) is 6.96. The van der Waals surface area contributed by atoms with Crippen molar-refractivity contribution in [3.05, 3.63) is 40.2 Å². The molecule has 1 amide bonds. The van der Waals surface area contributed by atoms with Gasteiger partial charge in [0.25, 0.3) is 0 Å². The summed E-state index contributed by atoms with van der Waals surface area (Å²) in [6, 6.07) is 3.76. The minimum absolute atomic E-state index is 0.304. The first kappa shape index (κ1) is 23.8. The number of benzene rings is 1. The Bertz CT molecular complexity index is 999. The highest BCUT2D eigenvalue weighted by Gasteiger charge is 2.30. The number of hydrogen-bond acceptors (Lipinski definition) is 4. The maximum absolute atomic E-state index is 12.5. The quantitative estimate of drug-likeness (QED) is 0.640. The molecule has 0 spiro atoms. The van der Waals surface area contributed by atoms with Crippen LogP contribution in [0.1, 0.15) is 92.7 Å². The summed E-state index contributed by atoms with van der Waals surface area (Å²) < 4.78 is 5.50. The van der Waals surface area contributed by atoms with Crippen LogP contribution in [0.15, 0.2) is 12.1 Å². The van der Waals surface area contributed by atoms with E-state index in [0.29, 0.717) is 36.8 Å². The second-order valence-corrected chi connectivity index (χ2v) is 9.35. The van der Waals surface area contributed by atoms with E-state index in [2.05, 4.69) is 4.98 Å². The summed E-state index contributed by atoms with van der Waals surface area (Å²) in [7, 11) is 0. The highest BCUT2D eigenvalue weighted by atomic mass is 16.6. The monoisotopic (exact) mass is 441 g/mol. The highest BCUT2D eigenvalue weighted by molar-refractivity contribution is 5.91. The zero-order valence-electron chi connectivity index (χ0n) is 20.0. The van der Waals surface area contributed by atoms with Crippen LogP contribution in [0.4, 0.5) is 4.79 Å². The lowest BCUT2D eigenvalue weighted by atomic mass is 9.77. The van der Waals surface area contributed by atoms with Crippen LogP contribution >= 0.6 is 0 Å². The van der Waals surface area contributed by atoms with Gasteiger partial charge in [-0.3, -0.25) is 0 Å². The standard InChI is InChI=1S/C23H29N3O4.C2H6/c1-13-10-16(14-6-5-7-14)17(11-15(13)21(27)28)20-24-18-8-9-26(12-19(18)25-20)22(29)30-23(2,3)4;1-2/h10-11,14H,5-9,12H2,1-4H3,(H,24,25)(H,27,28);1-2H3. The first-order valence-electron chi connectivity index (χ1n) is 11.6. The predicted octanol–water partition coefficient (Wildman–Crippen LogP) is 5.67. The Labute approximate surface area is 190 Å². The van der Waals surface area contributed by atoms with Crippen molar-refractivity contribution in [2.45, 2.75) is 85.3 Å². The molecule has 1 aromatic heterocycles. The number of aromatic nitrogens is 2. The van der Waals surface area contributed by atoms with Gasteiger partial charge in [-0.25, -0.2) is 14.6 Å². The number of ether oxygens (including phenoxy) is 1. The van der Waals surface area contributed by atoms with Crippen molar-refractivity contribution < 1.29 is 19.4 Å². The largest absolute Gasteiger partial charge is 0.478 e. The number of fused-ring (bicyclic) bond motifs is 1. The summed E-state index contributed by atoms with van der Waals surface area (Å²) in [5.41, 5.74) is 4.39. The molecular weight excluding hydrogens is 406 g/mol. The molecule has 0 bridgehead atoms. The smallest absolute Gasteiger partial charge is 0.410 e. The number of carbonyl (C=O) groups excluding carboxylic acids is 1. The molecule has 0 radical (unpaired) electrons. The van der Waals surface area contributed by atoms with Crippen LogP contribution in [-0.4, -0.2) is 44.2 Å². The molecule has 0 atom stereocenters. The van der Waals surface area contributed by atoms with E-state index in [1.165, 1.54) is 12.0 Å². The fourth-order valence-corrected chi connectivity index (χ4v) is 4.13. The van der Waals surface area contributed by atoms with Crippen molar-refractivity contribution in [3.63, 3.8) is 0 Å². The average Bonchev–Trinajstić information content (AvgIpc) is 3.09. The van der Waals surface area contributed by atoms with Gasteiger partial charge in [-0.05, 0) is 63.6 Å². The average molecular weight is 442 g/mol. The molecule has 7 heteroatoms. The second-order valence-electron chi connectivity index (χ2n) is 9.35. The number of aromatic carboxylic acids is 1. The van der Waals surface area contributed by atoms with E-state index in [9.17, 15) is 14.7 Å². The number of aromatic amines is 1. The first-order valence-corrected chi connectivity index (χ1v) is 11.6. The number of hydrogen-bond donors (Lipinski definition) is 2. The molecule has 1 fully saturated rings. The lowest BCUT2D eigenvalue weighted by Gasteiger charge is -2.29. The van der Waals surface area contributed by atoms with Gasteiger partial charge in [0.1, 0.15) is 11.4 Å². The van der Waals surface area contributed by atoms with Gasteiger partial charge in [0, 0.05) is 18.5 Å². The van der Waals surface area contributed by atoms with Crippen molar-refractivity contribution >= 4 is 12.1 Å². The molecule has 32 heavy (non-hydrogen) atoms. The van der Waals surface area contributed by atoms with E-state index >= 15 is 0 Å². The number of carboxylic acid groups (broad SMARTS) is 1. The third-order valence-electron chi connectivity index (χ3n) is 5.91. The molecule has 2 heterocycles. The minimum Gasteiger partial charge on any atom is -0.478 e. The van der Waals surface area contributed by atoms with Gasteiger partial charge in [-0.1, -0.05) is 26.3 Å². The molecule has 2 aliphatic rings. The van der Waals surface area contributed by atoms with Gasteiger partial charge >= 0.3 is 12.1 Å². The minimum atomic E-state index is -0.929. The van der Waals surface area contributed by atoms with Gasteiger partial charge in [0.05, 0.1) is 23.5 Å². The number of aryl methyl sites for hydroxylation is 1.